The van der Waals surface area contributed by atoms with Crippen LogP contribution in [0.15, 0.2) is 42.2 Å². The van der Waals surface area contributed by atoms with E-state index in [4.69, 9.17) is 14.6 Å². The van der Waals surface area contributed by atoms with Gasteiger partial charge in [-0.05, 0) is 49.8 Å². The van der Waals surface area contributed by atoms with Crippen LogP contribution in [-0.4, -0.2) is 52.3 Å². The summed E-state index contributed by atoms with van der Waals surface area (Å²) < 4.78 is 11.7. The van der Waals surface area contributed by atoms with Crippen molar-refractivity contribution >= 4 is 28.9 Å². The lowest BCUT2D eigenvalue weighted by atomic mass is 9.89. The second-order valence-corrected chi connectivity index (χ2v) is 8.47. The highest BCUT2D eigenvalue weighted by Gasteiger charge is 2.32. The largest absolute Gasteiger partial charge is 0.496 e. The van der Waals surface area contributed by atoms with Crippen molar-refractivity contribution in [3.63, 3.8) is 0 Å². The first-order valence-corrected chi connectivity index (χ1v) is 11.1. The zero-order valence-corrected chi connectivity index (χ0v) is 18.3. The number of ether oxygens (including phenoxy) is 2. The molecule has 33 heavy (non-hydrogen) atoms. The lowest BCUT2D eigenvalue weighted by Gasteiger charge is -2.30. The van der Waals surface area contributed by atoms with Gasteiger partial charge in [0.2, 0.25) is 5.78 Å². The molecule has 1 fully saturated rings. The molecule has 2 N–H and O–H groups in total. The monoisotopic (exact) mass is 447 g/mol. The van der Waals surface area contributed by atoms with Gasteiger partial charge in [0.1, 0.15) is 11.5 Å². The van der Waals surface area contributed by atoms with Crippen LogP contribution in [0.5, 0.6) is 11.5 Å². The number of piperidine rings is 1. The molecule has 5 rings (SSSR count). The fraction of sp³-hybridized carbons (Fsp3) is 0.320. The number of nitrogens with zero attached hydrogens (tertiary/aromatic N) is 2. The van der Waals surface area contributed by atoms with Gasteiger partial charge in [0.25, 0.3) is 0 Å². The average molecular weight is 447 g/mol. The number of benzene rings is 2. The predicted octanol–water partition coefficient (Wildman–Crippen LogP) is 4.51. The van der Waals surface area contributed by atoms with Gasteiger partial charge in [0.15, 0.2) is 5.76 Å². The summed E-state index contributed by atoms with van der Waals surface area (Å²) in [6.07, 6.45) is 4.06. The lowest BCUT2D eigenvalue weighted by Crippen LogP contribution is -2.37. The Morgan fingerprint density at radius 1 is 1.27 bits per heavy atom. The van der Waals surface area contributed by atoms with Crippen LogP contribution in [0.2, 0.25) is 0 Å². The van der Waals surface area contributed by atoms with Crippen molar-refractivity contribution in [2.45, 2.75) is 25.7 Å². The summed E-state index contributed by atoms with van der Waals surface area (Å²) in [7, 11) is 1.61. The first-order chi connectivity index (χ1) is 16.0. The maximum Gasteiger partial charge on any atom is 0.407 e. The number of carbonyl (C=O) groups excluding carboxylic acids is 1. The molecule has 8 heteroatoms. The number of Topliss-reactive ketones (excluding diaryl/α,β-unsaturated/α-hetero) is 1. The molecule has 0 radical (unpaired) electrons. The molecule has 2 aromatic carbocycles. The molecule has 2 aliphatic heterocycles. The highest BCUT2D eigenvalue weighted by atomic mass is 16.5. The third-order valence-electron chi connectivity index (χ3n) is 6.57. The number of aromatic nitrogens is 2. The van der Waals surface area contributed by atoms with Crippen LogP contribution < -0.4 is 9.47 Å². The Morgan fingerprint density at radius 3 is 2.82 bits per heavy atom. The Labute approximate surface area is 190 Å². The van der Waals surface area contributed by atoms with E-state index in [1.165, 1.54) is 4.90 Å². The fourth-order valence-electron chi connectivity index (χ4n) is 4.70. The normalized spacial score (nSPS) is 17.4. The molecule has 0 saturated carbocycles. The summed E-state index contributed by atoms with van der Waals surface area (Å²) in [6, 6.07) is 11.3. The number of ketones is 1. The van der Waals surface area contributed by atoms with Gasteiger partial charge in [-0.15, -0.1) is 0 Å². The summed E-state index contributed by atoms with van der Waals surface area (Å²) >= 11 is 0. The number of fused-ring (bicyclic) bond motifs is 2. The van der Waals surface area contributed by atoms with Gasteiger partial charge in [0.05, 0.1) is 23.9 Å². The van der Waals surface area contributed by atoms with Crippen molar-refractivity contribution < 1.29 is 24.2 Å². The quantitative estimate of drug-likeness (QED) is 0.558. The fourth-order valence-corrected chi connectivity index (χ4v) is 4.70. The molecule has 1 amide bonds. The summed E-state index contributed by atoms with van der Waals surface area (Å²) in [5.74, 6) is 1.73. The van der Waals surface area contributed by atoms with Crippen molar-refractivity contribution in [1.82, 2.24) is 15.1 Å². The molecular formula is C25H25N3O5. The Bertz CT molecular complexity index is 1250. The number of carbonyl (C=O) groups is 2. The third kappa shape index (κ3) is 3.92. The highest BCUT2D eigenvalue weighted by molar-refractivity contribution is 6.15. The van der Waals surface area contributed by atoms with Crippen LogP contribution in [0.4, 0.5) is 4.79 Å². The molecule has 170 valence electrons. The van der Waals surface area contributed by atoms with E-state index in [-0.39, 0.29) is 11.5 Å². The van der Waals surface area contributed by atoms with Crippen LogP contribution in [0.25, 0.3) is 17.0 Å². The van der Waals surface area contributed by atoms with Crippen molar-refractivity contribution in [2.24, 2.45) is 5.92 Å². The van der Waals surface area contributed by atoms with Crippen LogP contribution >= 0.6 is 0 Å². The minimum Gasteiger partial charge on any atom is -0.496 e. The molecule has 0 unspecified atom stereocenters. The molecule has 1 aromatic heterocycles. The summed E-state index contributed by atoms with van der Waals surface area (Å²) in [4.78, 5) is 25.7. The minimum atomic E-state index is -0.855. The smallest absolute Gasteiger partial charge is 0.407 e. The van der Waals surface area contributed by atoms with Crippen LogP contribution in [-0.2, 0) is 6.42 Å². The maximum absolute atomic E-state index is 13.1. The van der Waals surface area contributed by atoms with Crippen LogP contribution in [0.1, 0.15) is 40.9 Å². The zero-order chi connectivity index (χ0) is 22.9. The predicted molar refractivity (Wildman–Crippen MR) is 123 cm³/mol. The van der Waals surface area contributed by atoms with Crippen molar-refractivity contribution in [1.29, 1.82) is 0 Å². The number of hydrogen-bond acceptors (Lipinski definition) is 5. The van der Waals surface area contributed by atoms with E-state index in [0.29, 0.717) is 48.2 Å². The van der Waals surface area contributed by atoms with Gasteiger partial charge in [-0.1, -0.05) is 18.2 Å². The first-order valence-electron chi connectivity index (χ1n) is 11.1. The topological polar surface area (TPSA) is 105 Å². The maximum atomic E-state index is 13.1. The average Bonchev–Trinajstić information content (AvgIpc) is 3.39. The molecule has 0 aliphatic carbocycles. The second-order valence-electron chi connectivity index (χ2n) is 8.47. The van der Waals surface area contributed by atoms with Gasteiger partial charge in [0, 0.05) is 30.1 Å². The number of hydrogen-bond donors (Lipinski definition) is 2. The molecule has 0 atom stereocenters. The summed E-state index contributed by atoms with van der Waals surface area (Å²) in [5.41, 5.74) is 2.95. The van der Waals surface area contributed by atoms with E-state index in [1.807, 2.05) is 30.3 Å². The molecule has 2 aliphatic rings. The van der Waals surface area contributed by atoms with Crippen molar-refractivity contribution in [3.05, 3.63) is 59.0 Å². The Balaban J connectivity index is 1.38. The van der Waals surface area contributed by atoms with E-state index >= 15 is 0 Å². The van der Waals surface area contributed by atoms with Crippen LogP contribution in [0.3, 0.4) is 0 Å². The molecule has 0 bridgehead atoms. The van der Waals surface area contributed by atoms with E-state index < -0.39 is 6.09 Å². The Hall–Kier alpha value is -3.81. The van der Waals surface area contributed by atoms with Crippen LogP contribution in [0, 0.1) is 5.92 Å². The zero-order valence-electron chi connectivity index (χ0n) is 18.3. The van der Waals surface area contributed by atoms with E-state index in [0.717, 1.165) is 35.7 Å². The molecule has 8 nitrogen and oxygen atoms in total. The number of para-hydroxylation sites is 1. The number of carboxylic acid groups (broad SMARTS) is 1. The standard InChI is InChI=1S/C25H25N3O5/c1-32-21-9-8-18-23(29)22(14-20-16-4-2-3-5-19(16)26-27-20)33-24(18)17(21)7-6-15-10-12-28(13-11-15)25(30)31/h2-5,8-9,14-15H,6-7,10-13H2,1H3,(H,26,27)(H,30,31). The van der Waals surface area contributed by atoms with Gasteiger partial charge >= 0.3 is 6.09 Å². The Kier molecular flexibility index (Phi) is 5.50. The van der Waals surface area contributed by atoms with Gasteiger partial charge < -0.3 is 19.5 Å². The Morgan fingerprint density at radius 2 is 2.06 bits per heavy atom. The van der Waals surface area contributed by atoms with Crippen molar-refractivity contribution in [3.8, 4) is 11.5 Å². The molecular weight excluding hydrogens is 422 g/mol. The minimum absolute atomic E-state index is 0.171. The molecule has 3 aromatic rings. The summed E-state index contributed by atoms with van der Waals surface area (Å²) in [6.45, 7) is 1.12. The third-order valence-corrected chi connectivity index (χ3v) is 6.57. The SMILES string of the molecule is COc1ccc2c(c1CCC1CCN(C(=O)O)CC1)OC(=Cc1n[nH]c3ccccc13)C2=O. The molecule has 3 heterocycles. The van der Waals surface area contributed by atoms with Gasteiger partial charge in [-0.3, -0.25) is 9.89 Å². The number of methoxy groups -OCH3 is 1. The number of aromatic amines is 1. The second kappa shape index (κ2) is 8.61. The van der Waals surface area contributed by atoms with E-state index in [2.05, 4.69) is 10.2 Å². The lowest BCUT2D eigenvalue weighted by molar-refractivity contribution is 0.101. The van der Waals surface area contributed by atoms with E-state index in [9.17, 15) is 9.59 Å². The van der Waals surface area contributed by atoms with Gasteiger partial charge in [-0.2, -0.15) is 5.10 Å². The summed E-state index contributed by atoms with van der Waals surface area (Å²) in [5, 5.41) is 17.4. The molecule has 1 saturated heterocycles. The molecule has 0 spiro atoms. The van der Waals surface area contributed by atoms with Crippen molar-refractivity contribution in [2.75, 3.05) is 20.2 Å². The first kappa shape index (κ1) is 21.1. The van der Waals surface area contributed by atoms with E-state index in [1.54, 1.807) is 19.3 Å². The number of allylic oxidation sites excluding steroid dienone is 1. The van der Waals surface area contributed by atoms with Gasteiger partial charge in [-0.25, -0.2) is 4.79 Å². The highest BCUT2D eigenvalue weighted by Crippen LogP contribution is 2.41. The number of H-pyrrole nitrogens is 1. The number of nitrogens with one attached hydrogen (secondary N) is 1. The number of rotatable bonds is 5. The number of likely N-dealkylation sites (tertiary alicyclic amines) is 1. The number of amides is 1.